The zero-order valence-corrected chi connectivity index (χ0v) is 14.7. The minimum atomic E-state index is -0.286. The number of hydrogen-bond donors (Lipinski definition) is 0. The molecule has 4 nitrogen and oxygen atoms in total. The van der Waals surface area contributed by atoms with Gasteiger partial charge in [0.25, 0.3) is 0 Å². The van der Waals surface area contributed by atoms with Crippen LogP contribution in [-0.4, -0.2) is 17.2 Å². The fourth-order valence-electron chi connectivity index (χ4n) is 2.89. The number of aromatic nitrogens is 1. The lowest BCUT2D eigenvalue weighted by atomic mass is 10.1. The summed E-state index contributed by atoms with van der Waals surface area (Å²) in [7, 11) is 0. The number of benzene rings is 2. The Kier molecular flexibility index (Phi) is 4.48. The van der Waals surface area contributed by atoms with E-state index in [0.29, 0.717) is 13.2 Å². The van der Waals surface area contributed by atoms with Crippen LogP contribution >= 0.6 is 0 Å². The third-order valence-electron chi connectivity index (χ3n) is 4.39. The zero-order valence-electron chi connectivity index (χ0n) is 14.7. The summed E-state index contributed by atoms with van der Waals surface area (Å²) in [6.45, 7) is 2.95. The lowest BCUT2D eigenvalue weighted by Crippen LogP contribution is -2.31. The topological polar surface area (TPSA) is 40.6 Å². The maximum atomic E-state index is 5.89. The molecule has 0 amide bonds. The van der Waals surface area contributed by atoms with Crippen LogP contribution in [0.5, 0.6) is 11.5 Å². The van der Waals surface area contributed by atoms with Crippen LogP contribution in [-0.2, 0) is 11.3 Å². The average Bonchev–Trinajstić information content (AvgIpc) is 3.12. The molecule has 0 N–H and O–H groups in total. The number of hydrogen-bond acceptors (Lipinski definition) is 4. The van der Waals surface area contributed by atoms with Gasteiger partial charge in [0, 0.05) is 17.9 Å². The van der Waals surface area contributed by atoms with Gasteiger partial charge in [-0.2, -0.15) is 0 Å². The first-order chi connectivity index (χ1) is 12.7. The summed E-state index contributed by atoms with van der Waals surface area (Å²) in [6, 6.07) is 19.8. The van der Waals surface area contributed by atoms with Gasteiger partial charge in [0.1, 0.15) is 30.3 Å². The van der Waals surface area contributed by atoms with E-state index in [1.807, 2.05) is 61.5 Å². The molecule has 4 heteroatoms. The lowest BCUT2D eigenvalue weighted by molar-refractivity contribution is 0.0164. The molecule has 3 aromatic rings. The fourth-order valence-corrected chi connectivity index (χ4v) is 2.89. The van der Waals surface area contributed by atoms with E-state index in [1.54, 1.807) is 6.26 Å². The molecule has 2 heterocycles. The highest BCUT2D eigenvalue weighted by atomic mass is 16.5. The first-order valence-electron chi connectivity index (χ1n) is 8.73. The predicted molar refractivity (Wildman–Crippen MR) is 101 cm³/mol. The molecule has 132 valence electrons. The fraction of sp³-hybridized carbons (Fsp3) is 0.227. The molecule has 0 saturated heterocycles. The molecule has 2 aromatic carbocycles. The SMILES string of the molecule is CC1(COc2cccc(OCc3ccc4ccccc4n3)c2)CC=CO1. The molecule has 4 rings (SSSR count). The van der Waals surface area contributed by atoms with E-state index >= 15 is 0 Å². The van der Waals surface area contributed by atoms with Crippen LogP contribution in [0.4, 0.5) is 0 Å². The number of fused-ring (bicyclic) bond motifs is 1. The van der Waals surface area contributed by atoms with Crippen LogP contribution in [0.2, 0.25) is 0 Å². The largest absolute Gasteiger partial charge is 0.492 e. The summed E-state index contributed by atoms with van der Waals surface area (Å²) in [5.74, 6) is 1.53. The quantitative estimate of drug-likeness (QED) is 0.637. The van der Waals surface area contributed by atoms with Gasteiger partial charge in [-0.15, -0.1) is 0 Å². The summed E-state index contributed by atoms with van der Waals surface area (Å²) in [6.07, 6.45) is 4.61. The summed E-state index contributed by atoms with van der Waals surface area (Å²) < 4.78 is 17.4. The molecule has 0 aliphatic carbocycles. The Morgan fingerprint density at radius 2 is 1.85 bits per heavy atom. The summed E-state index contributed by atoms with van der Waals surface area (Å²) >= 11 is 0. The molecule has 0 bridgehead atoms. The van der Waals surface area contributed by atoms with Crippen LogP contribution in [0.3, 0.4) is 0 Å². The van der Waals surface area contributed by atoms with Crippen LogP contribution in [0.15, 0.2) is 73.0 Å². The van der Waals surface area contributed by atoms with Crippen molar-refractivity contribution >= 4 is 10.9 Å². The van der Waals surface area contributed by atoms with Crippen molar-refractivity contribution in [1.82, 2.24) is 4.98 Å². The second kappa shape index (κ2) is 7.08. The van der Waals surface area contributed by atoms with Gasteiger partial charge in [-0.05, 0) is 37.3 Å². The van der Waals surface area contributed by atoms with Crippen LogP contribution in [0.25, 0.3) is 10.9 Å². The second-order valence-electron chi connectivity index (χ2n) is 6.69. The van der Waals surface area contributed by atoms with Crippen LogP contribution < -0.4 is 9.47 Å². The summed E-state index contributed by atoms with van der Waals surface area (Å²) in [5.41, 5.74) is 1.59. The lowest BCUT2D eigenvalue weighted by Gasteiger charge is -2.23. The molecular formula is C22H21NO3. The highest BCUT2D eigenvalue weighted by Crippen LogP contribution is 2.26. The number of para-hydroxylation sites is 1. The Labute approximate surface area is 153 Å². The Balaban J connectivity index is 1.38. The molecule has 1 aromatic heterocycles. The van der Waals surface area contributed by atoms with E-state index < -0.39 is 0 Å². The summed E-state index contributed by atoms with van der Waals surface area (Å²) in [5, 5.41) is 1.13. The van der Waals surface area contributed by atoms with Crippen molar-refractivity contribution in [2.45, 2.75) is 25.6 Å². The van der Waals surface area contributed by atoms with E-state index in [4.69, 9.17) is 14.2 Å². The first-order valence-corrected chi connectivity index (χ1v) is 8.73. The molecule has 1 aliphatic heterocycles. The molecule has 1 unspecified atom stereocenters. The minimum Gasteiger partial charge on any atom is -0.492 e. The third-order valence-corrected chi connectivity index (χ3v) is 4.39. The zero-order chi connectivity index (χ0) is 17.8. The van der Waals surface area contributed by atoms with Gasteiger partial charge in [0.15, 0.2) is 0 Å². The standard InChI is InChI=1S/C22H21NO3/c1-22(12-5-13-26-22)16-25-20-8-4-7-19(14-20)24-15-18-11-10-17-6-2-3-9-21(17)23-18/h2-11,13-14H,12,15-16H2,1H3. The molecule has 1 aliphatic rings. The maximum Gasteiger partial charge on any atom is 0.143 e. The van der Waals surface area contributed by atoms with Crippen molar-refractivity contribution in [2.24, 2.45) is 0 Å². The number of rotatable bonds is 6. The Hall–Kier alpha value is -3.01. The number of nitrogens with zero attached hydrogens (tertiary/aromatic N) is 1. The van der Waals surface area contributed by atoms with Gasteiger partial charge in [0.2, 0.25) is 0 Å². The molecule has 0 radical (unpaired) electrons. The van der Waals surface area contributed by atoms with E-state index in [1.165, 1.54) is 0 Å². The number of ether oxygens (including phenoxy) is 3. The van der Waals surface area contributed by atoms with Gasteiger partial charge in [-0.25, -0.2) is 4.98 Å². The molecular weight excluding hydrogens is 326 g/mol. The summed E-state index contributed by atoms with van der Waals surface area (Å²) in [4.78, 5) is 4.63. The Bertz CT molecular complexity index is 927. The normalized spacial score (nSPS) is 18.7. The van der Waals surface area contributed by atoms with E-state index in [2.05, 4.69) is 17.1 Å². The van der Waals surface area contributed by atoms with Crippen molar-refractivity contribution in [3.05, 3.63) is 78.7 Å². The highest BCUT2D eigenvalue weighted by molar-refractivity contribution is 5.78. The van der Waals surface area contributed by atoms with Gasteiger partial charge in [-0.1, -0.05) is 30.3 Å². The monoisotopic (exact) mass is 347 g/mol. The van der Waals surface area contributed by atoms with Gasteiger partial charge in [0.05, 0.1) is 17.5 Å². The van der Waals surface area contributed by atoms with E-state index in [0.717, 1.165) is 34.5 Å². The molecule has 0 spiro atoms. The molecule has 0 saturated carbocycles. The molecule has 26 heavy (non-hydrogen) atoms. The van der Waals surface area contributed by atoms with Crippen molar-refractivity contribution in [1.29, 1.82) is 0 Å². The van der Waals surface area contributed by atoms with Crippen LogP contribution in [0.1, 0.15) is 19.0 Å². The highest BCUT2D eigenvalue weighted by Gasteiger charge is 2.28. The Morgan fingerprint density at radius 1 is 1.00 bits per heavy atom. The van der Waals surface area contributed by atoms with Crippen molar-refractivity contribution in [3.63, 3.8) is 0 Å². The predicted octanol–water partition coefficient (Wildman–Crippen LogP) is 4.89. The minimum absolute atomic E-state index is 0.286. The maximum absolute atomic E-state index is 5.89. The van der Waals surface area contributed by atoms with Crippen LogP contribution in [0, 0.1) is 0 Å². The van der Waals surface area contributed by atoms with Crippen molar-refractivity contribution in [2.75, 3.05) is 6.61 Å². The molecule has 0 fully saturated rings. The van der Waals surface area contributed by atoms with E-state index in [9.17, 15) is 0 Å². The smallest absolute Gasteiger partial charge is 0.143 e. The van der Waals surface area contributed by atoms with Gasteiger partial charge >= 0.3 is 0 Å². The average molecular weight is 347 g/mol. The second-order valence-corrected chi connectivity index (χ2v) is 6.69. The van der Waals surface area contributed by atoms with Crippen molar-refractivity contribution < 1.29 is 14.2 Å². The number of pyridine rings is 1. The first kappa shape index (κ1) is 16.5. The van der Waals surface area contributed by atoms with Gasteiger partial charge in [-0.3, -0.25) is 0 Å². The van der Waals surface area contributed by atoms with E-state index in [-0.39, 0.29) is 5.60 Å². The Morgan fingerprint density at radius 3 is 2.69 bits per heavy atom. The third kappa shape index (κ3) is 3.80. The van der Waals surface area contributed by atoms with Crippen molar-refractivity contribution in [3.8, 4) is 11.5 Å². The van der Waals surface area contributed by atoms with Gasteiger partial charge < -0.3 is 14.2 Å². The molecule has 1 atom stereocenters.